The summed E-state index contributed by atoms with van der Waals surface area (Å²) < 4.78 is 61.5. The van der Waals surface area contributed by atoms with Crippen LogP contribution in [0.2, 0.25) is 10.0 Å². The van der Waals surface area contributed by atoms with Crippen molar-refractivity contribution in [1.82, 2.24) is 5.32 Å². The molecule has 5 nitrogen and oxygen atoms in total. The molecular weight excluding hydrogens is 535 g/mol. The first kappa shape index (κ1) is 26.2. The van der Waals surface area contributed by atoms with Crippen molar-refractivity contribution >= 4 is 51.6 Å². The number of carbonyl (C=O) groups is 2. The monoisotopic (exact) mass is 550 g/mol. The van der Waals surface area contributed by atoms with E-state index in [4.69, 9.17) is 27.9 Å². The molecule has 4 aromatic carbocycles. The van der Waals surface area contributed by atoms with Crippen molar-refractivity contribution in [2.24, 2.45) is 0 Å². The number of alkyl halides is 2. The molecule has 0 heterocycles. The number of imide groups is 1. The Bertz CT molecular complexity index is 1530. The van der Waals surface area contributed by atoms with Gasteiger partial charge in [0.05, 0.1) is 10.6 Å². The molecule has 37 heavy (non-hydrogen) atoms. The molecule has 0 saturated carbocycles. The van der Waals surface area contributed by atoms with Crippen LogP contribution in [0, 0.1) is 18.6 Å². The van der Waals surface area contributed by atoms with Gasteiger partial charge in [0.2, 0.25) is 0 Å². The molecule has 0 aliphatic carbocycles. The van der Waals surface area contributed by atoms with Crippen LogP contribution in [0.25, 0.3) is 10.8 Å². The fraction of sp³-hybridized carbons (Fsp3) is 0.0769. The molecule has 0 aromatic heterocycles. The zero-order chi connectivity index (χ0) is 26.9. The highest BCUT2D eigenvalue weighted by molar-refractivity contribution is 6.36. The molecule has 0 aliphatic rings. The van der Waals surface area contributed by atoms with Gasteiger partial charge in [0, 0.05) is 21.5 Å². The van der Waals surface area contributed by atoms with Crippen LogP contribution in [0.5, 0.6) is 11.5 Å². The number of benzene rings is 4. The Morgan fingerprint density at radius 2 is 1.57 bits per heavy atom. The van der Waals surface area contributed by atoms with Crippen molar-refractivity contribution in [3.05, 3.63) is 99.0 Å². The number of rotatable bonds is 5. The fourth-order valence-electron chi connectivity index (χ4n) is 3.61. The highest BCUT2D eigenvalue weighted by Gasteiger charge is 2.25. The number of ether oxygens (including phenoxy) is 1. The second-order valence-electron chi connectivity index (χ2n) is 7.78. The van der Waals surface area contributed by atoms with Crippen LogP contribution in [0.15, 0.2) is 60.7 Å². The molecule has 4 rings (SSSR count). The molecule has 2 N–H and O–H groups in total. The zero-order valence-electron chi connectivity index (χ0n) is 18.8. The lowest BCUT2D eigenvalue weighted by Gasteiger charge is -2.19. The normalized spacial score (nSPS) is 11.0. The van der Waals surface area contributed by atoms with E-state index in [2.05, 4.69) is 5.32 Å². The quantitative estimate of drug-likeness (QED) is 0.245. The number of fused-ring (bicyclic) bond motifs is 1. The Morgan fingerprint density at radius 3 is 2.22 bits per heavy atom. The van der Waals surface area contributed by atoms with Gasteiger partial charge in [-0.25, -0.2) is 22.4 Å². The molecule has 190 valence electrons. The summed E-state index contributed by atoms with van der Waals surface area (Å²) in [5.41, 5.74) is -1.65. The van der Waals surface area contributed by atoms with Gasteiger partial charge in [-0.05, 0) is 42.8 Å². The van der Waals surface area contributed by atoms with Gasteiger partial charge in [-0.15, -0.1) is 0 Å². The van der Waals surface area contributed by atoms with Crippen LogP contribution in [-0.2, 0) is 0 Å². The highest BCUT2D eigenvalue weighted by Crippen LogP contribution is 2.45. The van der Waals surface area contributed by atoms with Gasteiger partial charge >= 0.3 is 6.03 Å². The number of urea groups is 1. The van der Waals surface area contributed by atoms with E-state index in [1.807, 2.05) is 0 Å². The van der Waals surface area contributed by atoms with Crippen molar-refractivity contribution in [3.63, 3.8) is 0 Å². The molecule has 11 heteroatoms. The minimum atomic E-state index is -3.07. The van der Waals surface area contributed by atoms with E-state index in [1.54, 1.807) is 35.6 Å². The molecule has 0 atom stereocenters. The van der Waals surface area contributed by atoms with Crippen LogP contribution in [0.1, 0.15) is 27.9 Å². The Hall–Kier alpha value is -3.82. The first-order chi connectivity index (χ1) is 17.6. The molecule has 0 aliphatic heterocycles. The Labute approximate surface area is 217 Å². The van der Waals surface area contributed by atoms with Crippen LogP contribution in [0.3, 0.4) is 0 Å². The van der Waals surface area contributed by atoms with E-state index in [1.165, 1.54) is 13.0 Å². The Kier molecular flexibility index (Phi) is 7.56. The maximum absolute atomic E-state index is 14.0. The summed E-state index contributed by atoms with van der Waals surface area (Å²) in [5.74, 6) is -3.83. The topological polar surface area (TPSA) is 67.4 Å². The van der Waals surface area contributed by atoms with E-state index in [-0.39, 0.29) is 27.8 Å². The van der Waals surface area contributed by atoms with E-state index in [9.17, 15) is 27.2 Å². The van der Waals surface area contributed by atoms with E-state index < -0.39 is 41.1 Å². The summed E-state index contributed by atoms with van der Waals surface area (Å²) in [7, 11) is 0. The van der Waals surface area contributed by atoms with Crippen LogP contribution < -0.4 is 15.4 Å². The number of amides is 3. The van der Waals surface area contributed by atoms with Crippen molar-refractivity contribution in [3.8, 4) is 11.5 Å². The SMILES string of the molecule is Cc1c(NC(=O)NC(=O)c2c(F)cccc2F)cc(C(F)F)c(Oc2ccc(Cl)c3ccccc23)c1Cl. The number of carbonyl (C=O) groups excluding carboxylic acids is 2. The molecular formula is C26H16Cl2F4N2O3. The minimum Gasteiger partial charge on any atom is -0.455 e. The van der Waals surface area contributed by atoms with Crippen molar-refractivity contribution in [2.45, 2.75) is 13.3 Å². The van der Waals surface area contributed by atoms with Gasteiger partial charge in [0.1, 0.15) is 22.9 Å². The van der Waals surface area contributed by atoms with Crippen LogP contribution in [-0.4, -0.2) is 11.9 Å². The average molecular weight is 551 g/mol. The predicted octanol–water partition coefficient (Wildman–Crippen LogP) is 8.43. The Balaban J connectivity index is 1.65. The molecule has 0 bridgehead atoms. The molecule has 0 saturated heterocycles. The maximum atomic E-state index is 14.0. The molecule has 3 amide bonds. The van der Waals surface area contributed by atoms with Crippen molar-refractivity contribution < 1.29 is 31.9 Å². The third-order valence-electron chi connectivity index (χ3n) is 5.44. The van der Waals surface area contributed by atoms with Gasteiger partial charge in [-0.1, -0.05) is 53.5 Å². The van der Waals surface area contributed by atoms with E-state index in [0.717, 1.165) is 24.3 Å². The van der Waals surface area contributed by atoms with E-state index >= 15 is 0 Å². The molecule has 0 unspecified atom stereocenters. The summed E-state index contributed by atoms with van der Waals surface area (Å²) in [6.07, 6.45) is -3.07. The van der Waals surface area contributed by atoms with Gasteiger partial charge in [0.25, 0.3) is 12.3 Å². The van der Waals surface area contributed by atoms with Gasteiger partial charge < -0.3 is 10.1 Å². The molecule has 0 fully saturated rings. The second kappa shape index (κ2) is 10.7. The Morgan fingerprint density at radius 1 is 0.919 bits per heavy atom. The molecule has 0 radical (unpaired) electrons. The third kappa shape index (κ3) is 5.33. The second-order valence-corrected chi connectivity index (χ2v) is 8.57. The summed E-state index contributed by atoms with van der Waals surface area (Å²) in [4.78, 5) is 24.5. The lowest BCUT2D eigenvalue weighted by Crippen LogP contribution is -2.35. The van der Waals surface area contributed by atoms with Crippen molar-refractivity contribution in [2.75, 3.05) is 5.32 Å². The standard InChI is InChI=1S/C26H16Cl2F4N2O3/c1-12-19(33-26(36)34-25(35)21-17(29)7-4-8-18(21)30)11-15(24(31)32)23(22(12)28)37-20-10-9-16(27)13-5-2-3-6-14(13)20/h2-11,24H,1H3,(H2,33,34,35,36). The zero-order valence-corrected chi connectivity index (χ0v) is 20.4. The number of nitrogens with one attached hydrogen (secondary N) is 2. The largest absolute Gasteiger partial charge is 0.455 e. The maximum Gasteiger partial charge on any atom is 0.326 e. The average Bonchev–Trinajstić information content (AvgIpc) is 2.85. The number of anilines is 1. The summed E-state index contributed by atoms with van der Waals surface area (Å²) in [5, 5.41) is 5.38. The summed E-state index contributed by atoms with van der Waals surface area (Å²) in [6.45, 7) is 1.43. The van der Waals surface area contributed by atoms with Gasteiger partial charge in [-0.2, -0.15) is 0 Å². The van der Waals surface area contributed by atoms with Crippen molar-refractivity contribution in [1.29, 1.82) is 0 Å². The first-order valence-corrected chi connectivity index (χ1v) is 11.4. The fourth-order valence-corrected chi connectivity index (χ4v) is 4.09. The predicted molar refractivity (Wildman–Crippen MR) is 133 cm³/mol. The van der Waals surface area contributed by atoms with Gasteiger partial charge in [0.15, 0.2) is 5.75 Å². The minimum absolute atomic E-state index is 0.138. The summed E-state index contributed by atoms with van der Waals surface area (Å²) >= 11 is 12.6. The first-order valence-electron chi connectivity index (χ1n) is 10.6. The summed E-state index contributed by atoms with van der Waals surface area (Å²) in [6, 6.07) is 12.5. The molecule has 0 spiro atoms. The van der Waals surface area contributed by atoms with E-state index in [0.29, 0.717) is 15.8 Å². The number of hydrogen-bond acceptors (Lipinski definition) is 3. The highest BCUT2D eigenvalue weighted by atomic mass is 35.5. The van der Waals surface area contributed by atoms with Crippen LogP contribution >= 0.6 is 23.2 Å². The lowest BCUT2D eigenvalue weighted by molar-refractivity contribution is 0.0958. The molecule has 4 aromatic rings. The number of hydrogen-bond donors (Lipinski definition) is 2. The third-order valence-corrected chi connectivity index (χ3v) is 6.22. The smallest absolute Gasteiger partial charge is 0.326 e. The number of halogens is 6. The lowest BCUT2D eigenvalue weighted by atomic mass is 10.1. The van der Waals surface area contributed by atoms with Crippen LogP contribution in [0.4, 0.5) is 28.0 Å². The van der Waals surface area contributed by atoms with Gasteiger partial charge in [-0.3, -0.25) is 10.1 Å².